The number of aliphatic hydroxyl groups is 1. The summed E-state index contributed by atoms with van der Waals surface area (Å²) in [6, 6.07) is 37.3. The predicted octanol–water partition coefficient (Wildman–Crippen LogP) is 7.10. The SMILES string of the molecule is OC(CCc1ccc(Nc2ccccc2)cc1)CCc1ccc(Nc2ccccc2)cc1. The number of benzene rings is 4. The van der Waals surface area contributed by atoms with Gasteiger partial charge in [0.1, 0.15) is 0 Å². The highest BCUT2D eigenvalue weighted by Gasteiger charge is 2.06. The molecule has 3 N–H and O–H groups in total. The molecule has 3 nitrogen and oxygen atoms in total. The first-order chi connectivity index (χ1) is 15.7. The fourth-order valence-electron chi connectivity index (χ4n) is 3.70. The molecule has 0 aliphatic heterocycles. The monoisotopic (exact) mass is 422 g/mol. The largest absolute Gasteiger partial charge is 0.393 e. The van der Waals surface area contributed by atoms with Gasteiger partial charge in [0.05, 0.1) is 6.10 Å². The van der Waals surface area contributed by atoms with Crippen LogP contribution in [0.3, 0.4) is 0 Å². The number of rotatable bonds is 10. The molecule has 0 saturated carbocycles. The van der Waals surface area contributed by atoms with Gasteiger partial charge in [-0.3, -0.25) is 0 Å². The summed E-state index contributed by atoms with van der Waals surface area (Å²) in [5.74, 6) is 0. The van der Waals surface area contributed by atoms with Gasteiger partial charge in [0, 0.05) is 22.7 Å². The van der Waals surface area contributed by atoms with Gasteiger partial charge in [-0.15, -0.1) is 0 Å². The standard InChI is InChI=1S/C29H30N2O/c32-29(21-15-23-11-17-27(18-12-23)30-25-7-3-1-4-8-25)22-16-24-13-19-28(20-14-24)31-26-9-5-2-6-10-26/h1-14,17-20,29-32H,15-16,21-22H2. The molecule has 4 rings (SSSR count). The minimum absolute atomic E-state index is 0.292. The van der Waals surface area contributed by atoms with E-state index in [4.69, 9.17) is 0 Å². The van der Waals surface area contributed by atoms with Crippen LogP contribution in [0.25, 0.3) is 0 Å². The van der Waals surface area contributed by atoms with Crippen molar-refractivity contribution < 1.29 is 5.11 Å². The van der Waals surface area contributed by atoms with Crippen LogP contribution < -0.4 is 10.6 Å². The van der Waals surface area contributed by atoms with E-state index in [0.29, 0.717) is 0 Å². The third-order valence-corrected chi connectivity index (χ3v) is 5.57. The Morgan fingerprint density at radius 2 is 0.812 bits per heavy atom. The quantitative estimate of drug-likeness (QED) is 0.255. The molecule has 162 valence electrons. The van der Waals surface area contributed by atoms with E-state index in [9.17, 15) is 5.11 Å². The smallest absolute Gasteiger partial charge is 0.0546 e. The molecule has 0 aromatic heterocycles. The Morgan fingerprint density at radius 1 is 0.469 bits per heavy atom. The minimum Gasteiger partial charge on any atom is -0.393 e. The summed E-state index contributed by atoms with van der Waals surface area (Å²) in [6.45, 7) is 0. The molecule has 0 unspecified atom stereocenters. The number of hydrogen-bond acceptors (Lipinski definition) is 3. The topological polar surface area (TPSA) is 44.3 Å². The highest BCUT2D eigenvalue weighted by atomic mass is 16.3. The molecule has 0 fully saturated rings. The Labute approximate surface area is 190 Å². The lowest BCUT2D eigenvalue weighted by molar-refractivity contribution is 0.155. The summed E-state index contributed by atoms with van der Waals surface area (Å²) >= 11 is 0. The second-order valence-corrected chi connectivity index (χ2v) is 8.11. The maximum Gasteiger partial charge on any atom is 0.0546 e. The number of para-hydroxylation sites is 2. The Bertz CT molecular complexity index is 973. The van der Waals surface area contributed by atoms with Gasteiger partial charge < -0.3 is 15.7 Å². The van der Waals surface area contributed by atoms with Crippen molar-refractivity contribution in [3.63, 3.8) is 0 Å². The molecule has 4 aromatic carbocycles. The molecular formula is C29H30N2O. The first kappa shape index (κ1) is 21.7. The van der Waals surface area contributed by atoms with Crippen LogP contribution in [0.15, 0.2) is 109 Å². The van der Waals surface area contributed by atoms with E-state index in [-0.39, 0.29) is 6.10 Å². The molecular weight excluding hydrogens is 392 g/mol. The molecule has 0 atom stereocenters. The van der Waals surface area contributed by atoms with Crippen molar-refractivity contribution in [1.82, 2.24) is 0 Å². The zero-order valence-electron chi connectivity index (χ0n) is 18.2. The number of nitrogens with one attached hydrogen (secondary N) is 2. The van der Waals surface area contributed by atoms with Gasteiger partial charge in [0.2, 0.25) is 0 Å². The van der Waals surface area contributed by atoms with E-state index in [0.717, 1.165) is 48.4 Å². The average molecular weight is 423 g/mol. The van der Waals surface area contributed by atoms with Gasteiger partial charge in [-0.2, -0.15) is 0 Å². The average Bonchev–Trinajstić information content (AvgIpc) is 2.84. The summed E-state index contributed by atoms with van der Waals surface area (Å²) in [5, 5.41) is 17.2. The van der Waals surface area contributed by atoms with E-state index in [1.165, 1.54) is 11.1 Å². The number of anilines is 4. The van der Waals surface area contributed by atoms with Crippen LogP contribution in [0.2, 0.25) is 0 Å². The van der Waals surface area contributed by atoms with Gasteiger partial charge in [-0.25, -0.2) is 0 Å². The fourth-order valence-corrected chi connectivity index (χ4v) is 3.70. The first-order valence-corrected chi connectivity index (χ1v) is 11.2. The number of aliphatic hydroxyl groups excluding tert-OH is 1. The molecule has 0 heterocycles. The summed E-state index contributed by atoms with van der Waals surface area (Å²) in [7, 11) is 0. The van der Waals surface area contributed by atoms with Gasteiger partial charge in [-0.05, 0) is 85.3 Å². The molecule has 0 bridgehead atoms. The summed E-state index contributed by atoms with van der Waals surface area (Å²) in [5.41, 5.74) is 6.81. The zero-order chi connectivity index (χ0) is 22.0. The molecule has 0 amide bonds. The molecule has 0 radical (unpaired) electrons. The summed E-state index contributed by atoms with van der Waals surface area (Å²) < 4.78 is 0. The van der Waals surface area contributed by atoms with E-state index in [2.05, 4.69) is 83.4 Å². The highest BCUT2D eigenvalue weighted by molar-refractivity contribution is 5.60. The van der Waals surface area contributed by atoms with Crippen LogP contribution in [-0.4, -0.2) is 11.2 Å². The van der Waals surface area contributed by atoms with Gasteiger partial charge >= 0.3 is 0 Å². The Morgan fingerprint density at radius 3 is 1.19 bits per heavy atom. The predicted molar refractivity (Wildman–Crippen MR) is 135 cm³/mol. The second kappa shape index (κ2) is 11.2. The third kappa shape index (κ3) is 6.73. The molecule has 3 heteroatoms. The van der Waals surface area contributed by atoms with Crippen LogP contribution in [-0.2, 0) is 12.8 Å². The zero-order valence-corrected chi connectivity index (χ0v) is 18.2. The van der Waals surface area contributed by atoms with Crippen LogP contribution in [0.5, 0.6) is 0 Å². The Kier molecular flexibility index (Phi) is 7.56. The molecule has 0 saturated heterocycles. The van der Waals surface area contributed by atoms with Gasteiger partial charge in [0.25, 0.3) is 0 Å². The molecule has 4 aromatic rings. The normalized spacial score (nSPS) is 10.8. The van der Waals surface area contributed by atoms with Crippen molar-refractivity contribution in [3.8, 4) is 0 Å². The van der Waals surface area contributed by atoms with Gasteiger partial charge in [-0.1, -0.05) is 60.7 Å². The molecule has 0 aliphatic rings. The van der Waals surface area contributed by atoms with Gasteiger partial charge in [0.15, 0.2) is 0 Å². The van der Waals surface area contributed by atoms with Crippen LogP contribution in [0.1, 0.15) is 24.0 Å². The van der Waals surface area contributed by atoms with E-state index >= 15 is 0 Å². The Hall–Kier alpha value is -3.56. The van der Waals surface area contributed by atoms with E-state index < -0.39 is 0 Å². The lowest BCUT2D eigenvalue weighted by Crippen LogP contribution is -2.09. The highest BCUT2D eigenvalue weighted by Crippen LogP contribution is 2.20. The maximum atomic E-state index is 10.4. The third-order valence-electron chi connectivity index (χ3n) is 5.57. The number of aryl methyl sites for hydroxylation is 2. The van der Waals surface area contributed by atoms with Crippen LogP contribution in [0, 0.1) is 0 Å². The van der Waals surface area contributed by atoms with Crippen molar-refractivity contribution in [2.75, 3.05) is 10.6 Å². The minimum atomic E-state index is -0.292. The van der Waals surface area contributed by atoms with Crippen molar-refractivity contribution in [1.29, 1.82) is 0 Å². The first-order valence-electron chi connectivity index (χ1n) is 11.2. The van der Waals surface area contributed by atoms with Crippen LogP contribution >= 0.6 is 0 Å². The molecule has 0 spiro atoms. The second-order valence-electron chi connectivity index (χ2n) is 8.11. The maximum absolute atomic E-state index is 10.4. The lowest BCUT2D eigenvalue weighted by Gasteiger charge is -2.12. The van der Waals surface area contributed by atoms with Crippen molar-refractivity contribution in [2.24, 2.45) is 0 Å². The Balaban J connectivity index is 1.19. The summed E-state index contributed by atoms with van der Waals surface area (Å²) in [4.78, 5) is 0. The van der Waals surface area contributed by atoms with E-state index in [1.807, 2.05) is 36.4 Å². The number of hydrogen-bond donors (Lipinski definition) is 3. The lowest BCUT2D eigenvalue weighted by atomic mass is 10.0. The van der Waals surface area contributed by atoms with Crippen molar-refractivity contribution in [3.05, 3.63) is 120 Å². The van der Waals surface area contributed by atoms with E-state index in [1.54, 1.807) is 0 Å². The molecule has 0 aliphatic carbocycles. The fraction of sp³-hybridized carbons (Fsp3) is 0.172. The van der Waals surface area contributed by atoms with Crippen molar-refractivity contribution >= 4 is 22.7 Å². The summed E-state index contributed by atoms with van der Waals surface area (Å²) in [6.07, 6.45) is 3.02. The van der Waals surface area contributed by atoms with Crippen molar-refractivity contribution in [2.45, 2.75) is 31.8 Å². The van der Waals surface area contributed by atoms with Crippen LogP contribution in [0.4, 0.5) is 22.7 Å². The molecule has 32 heavy (non-hydrogen) atoms.